The second-order valence-electron chi connectivity index (χ2n) is 5.78. The first-order chi connectivity index (χ1) is 11.6. The van der Waals surface area contributed by atoms with E-state index in [4.69, 9.17) is 5.11 Å². The van der Waals surface area contributed by atoms with Gasteiger partial charge in [0.2, 0.25) is 5.91 Å². The summed E-state index contributed by atoms with van der Waals surface area (Å²) in [4.78, 5) is 22.8. The molecular weight excluding hydrogens is 302 g/mol. The van der Waals surface area contributed by atoms with Gasteiger partial charge in [0.1, 0.15) is 0 Å². The van der Waals surface area contributed by atoms with E-state index in [9.17, 15) is 9.59 Å². The Morgan fingerprint density at radius 3 is 2.33 bits per heavy atom. The maximum Gasteiger partial charge on any atom is 0.335 e. The number of aryl methyl sites for hydroxylation is 2. The lowest BCUT2D eigenvalue weighted by molar-refractivity contribution is -0.121. The number of carbonyl (C=O) groups is 2. The van der Waals surface area contributed by atoms with Gasteiger partial charge in [0.05, 0.1) is 5.56 Å². The standard InChI is InChI=1S/C20H23NO3/c1-2-15-6-8-16(9-7-15)10-11-19(22)21-13-12-17-4-3-5-18(14-17)20(23)24/h3-9,14H,2,10-13H2,1H3,(H,21,22)(H,23,24). The summed E-state index contributed by atoms with van der Waals surface area (Å²) in [5.41, 5.74) is 3.64. The third-order valence-corrected chi connectivity index (χ3v) is 3.98. The SMILES string of the molecule is CCc1ccc(CCC(=O)NCCc2cccc(C(=O)O)c2)cc1. The van der Waals surface area contributed by atoms with Crippen LogP contribution in [0.4, 0.5) is 0 Å². The zero-order valence-electron chi connectivity index (χ0n) is 13.9. The highest BCUT2D eigenvalue weighted by atomic mass is 16.4. The Morgan fingerprint density at radius 1 is 0.958 bits per heavy atom. The summed E-state index contributed by atoms with van der Waals surface area (Å²) in [6.45, 7) is 2.63. The molecule has 2 aromatic carbocycles. The van der Waals surface area contributed by atoms with E-state index in [-0.39, 0.29) is 11.5 Å². The highest BCUT2D eigenvalue weighted by Gasteiger charge is 2.05. The largest absolute Gasteiger partial charge is 0.478 e. The van der Waals surface area contributed by atoms with Crippen molar-refractivity contribution >= 4 is 11.9 Å². The molecule has 4 heteroatoms. The summed E-state index contributed by atoms with van der Waals surface area (Å²) in [6.07, 6.45) is 2.83. The normalized spacial score (nSPS) is 10.4. The Balaban J connectivity index is 1.73. The van der Waals surface area contributed by atoms with Gasteiger partial charge in [-0.3, -0.25) is 4.79 Å². The third kappa shape index (κ3) is 5.54. The van der Waals surface area contributed by atoms with Crippen LogP contribution in [0.2, 0.25) is 0 Å². The van der Waals surface area contributed by atoms with Crippen molar-refractivity contribution in [3.63, 3.8) is 0 Å². The van der Waals surface area contributed by atoms with Crippen molar-refractivity contribution in [2.45, 2.75) is 32.6 Å². The van der Waals surface area contributed by atoms with E-state index in [2.05, 4.69) is 36.5 Å². The van der Waals surface area contributed by atoms with Gasteiger partial charge >= 0.3 is 5.97 Å². The van der Waals surface area contributed by atoms with Crippen molar-refractivity contribution < 1.29 is 14.7 Å². The Hall–Kier alpha value is -2.62. The van der Waals surface area contributed by atoms with Gasteiger partial charge in [-0.1, -0.05) is 43.3 Å². The quantitative estimate of drug-likeness (QED) is 0.783. The van der Waals surface area contributed by atoms with Gasteiger partial charge in [0, 0.05) is 13.0 Å². The van der Waals surface area contributed by atoms with Crippen molar-refractivity contribution in [1.82, 2.24) is 5.32 Å². The van der Waals surface area contributed by atoms with E-state index in [1.54, 1.807) is 18.2 Å². The molecule has 0 bridgehead atoms. The predicted octanol–water partition coefficient (Wildman–Crippen LogP) is 3.24. The van der Waals surface area contributed by atoms with Crippen LogP contribution in [-0.4, -0.2) is 23.5 Å². The fraction of sp³-hybridized carbons (Fsp3) is 0.300. The van der Waals surface area contributed by atoms with Crippen molar-refractivity contribution in [2.24, 2.45) is 0 Å². The van der Waals surface area contributed by atoms with Gasteiger partial charge in [-0.15, -0.1) is 0 Å². The molecule has 4 nitrogen and oxygen atoms in total. The van der Waals surface area contributed by atoms with Crippen molar-refractivity contribution in [2.75, 3.05) is 6.54 Å². The summed E-state index contributed by atoms with van der Waals surface area (Å²) in [7, 11) is 0. The molecule has 0 aliphatic rings. The Kier molecular flexibility index (Phi) is 6.55. The molecule has 2 rings (SSSR count). The highest BCUT2D eigenvalue weighted by molar-refractivity contribution is 5.87. The van der Waals surface area contributed by atoms with Crippen molar-refractivity contribution in [3.8, 4) is 0 Å². The molecule has 0 unspecified atom stereocenters. The molecule has 0 aromatic heterocycles. The smallest absolute Gasteiger partial charge is 0.335 e. The Labute approximate surface area is 142 Å². The maximum absolute atomic E-state index is 11.9. The molecule has 0 fully saturated rings. The molecule has 0 saturated carbocycles. The number of rotatable bonds is 8. The van der Waals surface area contributed by atoms with Gasteiger partial charge in [-0.25, -0.2) is 4.79 Å². The molecule has 0 aliphatic carbocycles. The molecule has 24 heavy (non-hydrogen) atoms. The number of hydrogen-bond donors (Lipinski definition) is 2. The first-order valence-corrected chi connectivity index (χ1v) is 8.25. The van der Waals surface area contributed by atoms with E-state index in [0.717, 1.165) is 24.0 Å². The van der Waals surface area contributed by atoms with Crippen molar-refractivity contribution in [1.29, 1.82) is 0 Å². The first-order valence-electron chi connectivity index (χ1n) is 8.25. The molecule has 1 amide bonds. The second kappa shape index (κ2) is 8.87. The number of benzene rings is 2. The molecule has 0 aliphatic heterocycles. The predicted molar refractivity (Wildman–Crippen MR) is 94.3 cm³/mol. The average molecular weight is 325 g/mol. The minimum absolute atomic E-state index is 0.0176. The van der Waals surface area contributed by atoms with Crippen LogP contribution < -0.4 is 5.32 Å². The van der Waals surface area contributed by atoms with E-state index < -0.39 is 5.97 Å². The Bertz CT molecular complexity index is 692. The van der Waals surface area contributed by atoms with Crippen LogP contribution >= 0.6 is 0 Å². The number of hydrogen-bond acceptors (Lipinski definition) is 2. The van der Waals surface area contributed by atoms with Gasteiger partial charge in [0.25, 0.3) is 0 Å². The summed E-state index contributed by atoms with van der Waals surface area (Å²) < 4.78 is 0. The molecule has 0 radical (unpaired) electrons. The van der Waals surface area contributed by atoms with Crippen LogP contribution in [0, 0.1) is 0 Å². The number of carboxylic acid groups (broad SMARTS) is 1. The highest BCUT2D eigenvalue weighted by Crippen LogP contribution is 2.08. The lowest BCUT2D eigenvalue weighted by Gasteiger charge is -2.07. The summed E-state index contributed by atoms with van der Waals surface area (Å²) in [6, 6.07) is 15.1. The molecule has 2 aromatic rings. The van der Waals surface area contributed by atoms with Crippen LogP contribution in [-0.2, 0) is 24.1 Å². The van der Waals surface area contributed by atoms with Gasteiger partial charge in [0.15, 0.2) is 0 Å². The van der Waals surface area contributed by atoms with Gasteiger partial charge < -0.3 is 10.4 Å². The van der Waals surface area contributed by atoms with E-state index >= 15 is 0 Å². The van der Waals surface area contributed by atoms with Crippen LogP contribution in [0.25, 0.3) is 0 Å². The number of nitrogens with one attached hydrogen (secondary N) is 1. The monoisotopic (exact) mass is 325 g/mol. The lowest BCUT2D eigenvalue weighted by Crippen LogP contribution is -2.25. The molecule has 0 spiro atoms. The number of carbonyl (C=O) groups excluding carboxylic acids is 1. The first kappa shape index (κ1) is 17.7. The fourth-order valence-corrected chi connectivity index (χ4v) is 2.49. The molecule has 126 valence electrons. The van der Waals surface area contributed by atoms with Crippen LogP contribution in [0.1, 0.15) is 40.4 Å². The van der Waals surface area contributed by atoms with Gasteiger partial charge in [-0.05, 0) is 48.1 Å². The van der Waals surface area contributed by atoms with Crippen LogP contribution in [0.5, 0.6) is 0 Å². The zero-order chi connectivity index (χ0) is 17.4. The molecular formula is C20H23NO3. The molecule has 0 heterocycles. The topological polar surface area (TPSA) is 66.4 Å². The minimum Gasteiger partial charge on any atom is -0.478 e. The van der Waals surface area contributed by atoms with E-state index in [0.29, 0.717) is 19.4 Å². The number of aromatic carboxylic acids is 1. The Morgan fingerprint density at radius 2 is 1.67 bits per heavy atom. The lowest BCUT2D eigenvalue weighted by atomic mass is 10.1. The number of amides is 1. The summed E-state index contributed by atoms with van der Waals surface area (Å²) >= 11 is 0. The number of carboxylic acids is 1. The summed E-state index contributed by atoms with van der Waals surface area (Å²) in [5.74, 6) is -0.918. The maximum atomic E-state index is 11.9. The van der Waals surface area contributed by atoms with Gasteiger partial charge in [-0.2, -0.15) is 0 Å². The molecule has 2 N–H and O–H groups in total. The van der Waals surface area contributed by atoms with Crippen LogP contribution in [0.3, 0.4) is 0 Å². The second-order valence-corrected chi connectivity index (χ2v) is 5.78. The molecule has 0 saturated heterocycles. The van der Waals surface area contributed by atoms with E-state index in [1.165, 1.54) is 5.56 Å². The molecule has 0 atom stereocenters. The van der Waals surface area contributed by atoms with Crippen molar-refractivity contribution in [3.05, 3.63) is 70.8 Å². The zero-order valence-corrected chi connectivity index (χ0v) is 13.9. The summed E-state index contributed by atoms with van der Waals surface area (Å²) in [5, 5.41) is 11.9. The fourth-order valence-electron chi connectivity index (χ4n) is 2.49. The third-order valence-electron chi connectivity index (χ3n) is 3.98. The van der Waals surface area contributed by atoms with Crippen LogP contribution in [0.15, 0.2) is 48.5 Å². The average Bonchev–Trinajstić information content (AvgIpc) is 2.60. The minimum atomic E-state index is -0.935. The van der Waals surface area contributed by atoms with E-state index in [1.807, 2.05) is 6.07 Å².